The zero-order valence-electron chi connectivity index (χ0n) is 13.8. The lowest BCUT2D eigenvalue weighted by molar-refractivity contribution is -0.125. The summed E-state index contributed by atoms with van der Waals surface area (Å²) in [6.45, 7) is 8.78. The molecule has 5 heteroatoms. The maximum Gasteiger partial charge on any atom is 0.246 e. The number of ether oxygens (including phenoxy) is 2. The lowest BCUT2D eigenvalue weighted by atomic mass is 10.2. The van der Waals surface area contributed by atoms with Gasteiger partial charge in [-0.3, -0.25) is 4.79 Å². The maximum atomic E-state index is 12.2. The number of hydrogen-bond acceptors (Lipinski definition) is 4. The summed E-state index contributed by atoms with van der Waals surface area (Å²) >= 11 is 0. The van der Waals surface area contributed by atoms with Gasteiger partial charge in [0.05, 0.1) is 7.11 Å². The van der Waals surface area contributed by atoms with E-state index in [-0.39, 0.29) is 12.5 Å². The van der Waals surface area contributed by atoms with Crippen molar-refractivity contribution in [2.45, 2.75) is 13.8 Å². The Hall–Kier alpha value is -2.74. The molecule has 23 heavy (non-hydrogen) atoms. The van der Waals surface area contributed by atoms with Crippen LogP contribution in [0.25, 0.3) is 6.08 Å². The highest BCUT2D eigenvalue weighted by molar-refractivity contribution is 5.92. The number of benzene rings is 1. The van der Waals surface area contributed by atoms with Crippen LogP contribution in [0.2, 0.25) is 0 Å². The van der Waals surface area contributed by atoms with Gasteiger partial charge >= 0.3 is 0 Å². The van der Waals surface area contributed by atoms with E-state index in [4.69, 9.17) is 14.7 Å². The third-order valence-corrected chi connectivity index (χ3v) is 3.05. The summed E-state index contributed by atoms with van der Waals surface area (Å²) in [4.78, 5) is 13.9. The van der Waals surface area contributed by atoms with Crippen LogP contribution in [0.15, 0.2) is 36.4 Å². The summed E-state index contributed by atoms with van der Waals surface area (Å²) in [7, 11) is 1.53. The van der Waals surface area contributed by atoms with Crippen molar-refractivity contribution in [3.63, 3.8) is 0 Å². The van der Waals surface area contributed by atoms with Crippen molar-refractivity contribution < 1.29 is 14.3 Å². The first-order valence-electron chi connectivity index (χ1n) is 7.31. The monoisotopic (exact) mass is 314 g/mol. The molecule has 0 atom stereocenters. The highest BCUT2D eigenvalue weighted by atomic mass is 16.5. The number of likely N-dealkylation sites (N-methyl/N-ethyl adjacent to an activating group) is 1. The molecule has 0 radical (unpaired) electrons. The predicted octanol–water partition coefficient (Wildman–Crippen LogP) is 3.04. The molecule has 0 heterocycles. The van der Waals surface area contributed by atoms with E-state index in [0.29, 0.717) is 24.6 Å². The Morgan fingerprint density at radius 1 is 1.43 bits per heavy atom. The molecule has 0 aliphatic heterocycles. The third kappa shape index (κ3) is 5.87. The largest absolute Gasteiger partial charge is 0.493 e. The lowest BCUT2D eigenvalue weighted by Crippen LogP contribution is -2.30. The zero-order chi connectivity index (χ0) is 17.2. The Morgan fingerprint density at radius 3 is 2.74 bits per heavy atom. The van der Waals surface area contributed by atoms with E-state index in [1.807, 2.05) is 19.9 Å². The van der Waals surface area contributed by atoms with Crippen molar-refractivity contribution in [3.8, 4) is 17.6 Å². The van der Waals surface area contributed by atoms with E-state index in [0.717, 1.165) is 11.1 Å². The Bertz CT molecular complexity index is 630. The van der Waals surface area contributed by atoms with Crippen molar-refractivity contribution in [3.05, 3.63) is 42.0 Å². The SMILES string of the molecule is C=C(C)CN(CC)C(=O)/C=C/c1ccc(OCC#N)c(OC)c1. The van der Waals surface area contributed by atoms with Crippen LogP contribution in [0.4, 0.5) is 0 Å². The number of nitriles is 1. The van der Waals surface area contributed by atoms with E-state index in [1.54, 1.807) is 29.2 Å². The molecule has 1 aromatic carbocycles. The first-order valence-corrected chi connectivity index (χ1v) is 7.31. The van der Waals surface area contributed by atoms with Crippen LogP contribution in [0.3, 0.4) is 0 Å². The second-order valence-electron chi connectivity index (χ2n) is 5.00. The van der Waals surface area contributed by atoms with Crippen LogP contribution < -0.4 is 9.47 Å². The van der Waals surface area contributed by atoms with Gasteiger partial charge in [-0.2, -0.15) is 5.26 Å². The quantitative estimate of drug-likeness (QED) is 0.546. The van der Waals surface area contributed by atoms with E-state index in [2.05, 4.69) is 6.58 Å². The van der Waals surface area contributed by atoms with Crippen molar-refractivity contribution in [1.29, 1.82) is 5.26 Å². The van der Waals surface area contributed by atoms with Gasteiger partial charge in [0, 0.05) is 19.2 Å². The van der Waals surface area contributed by atoms with Crippen molar-refractivity contribution in [2.75, 3.05) is 26.8 Å². The molecule has 1 aromatic rings. The number of carbonyl (C=O) groups is 1. The van der Waals surface area contributed by atoms with Crippen molar-refractivity contribution >= 4 is 12.0 Å². The second-order valence-corrected chi connectivity index (χ2v) is 5.00. The second kappa shape index (κ2) is 9.31. The minimum atomic E-state index is -0.0701. The van der Waals surface area contributed by atoms with Gasteiger partial charge in [0.25, 0.3) is 0 Å². The van der Waals surface area contributed by atoms with Gasteiger partial charge < -0.3 is 14.4 Å². The topological polar surface area (TPSA) is 62.6 Å². The van der Waals surface area contributed by atoms with Crippen LogP contribution >= 0.6 is 0 Å². The summed E-state index contributed by atoms with van der Waals surface area (Å²) in [6, 6.07) is 7.18. The molecular weight excluding hydrogens is 292 g/mol. The van der Waals surface area contributed by atoms with Crippen molar-refractivity contribution in [1.82, 2.24) is 4.90 Å². The van der Waals surface area contributed by atoms with Gasteiger partial charge in [0.1, 0.15) is 6.07 Å². The van der Waals surface area contributed by atoms with Crippen molar-refractivity contribution in [2.24, 2.45) is 0 Å². The molecule has 0 unspecified atom stereocenters. The molecule has 0 aliphatic rings. The van der Waals surface area contributed by atoms with Crippen LogP contribution in [0.5, 0.6) is 11.5 Å². The number of methoxy groups -OCH3 is 1. The van der Waals surface area contributed by atoms with Crippen LogP contribution in [0, 0.1) is 11.3 Å². The molecule has 1 amide bonds. The Morgan fingerprint density at radius 2 is 2.17 bits per heavy atom. The fraction of sp³-hybridized carbons (Fsp3) is 0.333. The summed E-state index contributed by atoms with van der Waals surface area (Å²) < 4.78 is 10.5. The number of hydrogen-bond donors (Lipinski definition) is 0. The first kappa shape index (κ1) is 18.3. The van der Waals surface area contributed by atoms with Crippen LogP contribution in [-0.4, -0.2) is 37.6 Å². The molecule has 0 saturated heterocycles. The smallest absolute Gasteiger partial charge is 0.246 e. The minimum Gasteiger partial charge on any atom is -0.493 e. The van der Waals surface area contributed by atoms with Gasteiger partial charge in [-0.25, -0.2) is 0 Å². The molecule has 0 aromatic heterocycles. The molecule has 0 bridgehead atoms. The average Bonchev–Trinajstić information content (AvgIpc) is 2.55. The van der Waals surface area contributed by atoms with Crippen LogP contribution in [0.1, 0.15) is 19.4 Å². The average molecular weight is 314 g/mol. The van der Waals surface area contributed by atoms with Gasteiger partial charge in [-0.1, -0.05) is 18.2 Å². The molecular formula is C18H22N2O3. The molecule has 122 valence electrons. The Labute approximate surface area is 137 Å². The van der Waals surface area contributed by atoms with Gasteiger partial charge in [-0.05, 0) is 37.6 Å². The van der Waals surface area contributed by atoms with E-state index in [9.17, 15) is 4.79 Å². The highest BCUT2D eigenvalue weighted by Crippen LogP contribution is 2.28. The molecule has 0 aliphatic carbocycles. The molecule has 0 saturated carbocycles. The Kier molecular flexibility index (Phi) is 7.41. The van der Waals surface area contributed by atoms with E-state index >= 15 is 0 Å². The van der Waals surface area contributed by atoms with E-state index < -0.39 is 0 Å². The zero-order valence-corrected chi connectivity index (χ0v) is 13.8. The summed E-state index contributed by atoms with van der Waals surface area (Å²) in [5.74, 6) is 0.943. The number of amides is 1. The summed E-state index contributed by atoms with van der Waals surface area (Å²) in [5.41, 5.74) is 1.75. The van der Waals surface area contributed by atoms with Gasteiger partial charge in [0.15, 0.2) is 18.1 Å². The van der Waals surface area contributed by atoms with Crippen LogP contribution in [-0.2, 0) is 4.79 Å². The van der Waals surface area contributed by atoms with Gasteiger partial charge in [0.2, 0.25) is 5.91 Å². The predicted molar refractivity (Wildman–Crippen MR) is 90.2 cm³/mol. The molecule has 5 nitrogen and oxygen atoms in total. The normalized spacial score (nSPS) is 10.2. The number of nitrogens with zero attached hydrogens (tertiary/aromatic N) is 2. The first-order chi connectivity index (χ1) is 11.0. The van der Waals surface area contributed by atoms with E-state index in [1.165, 1.54) is 13.2 Å². The highest BCUT2D eigenvalue weighted by Gasteiger charge is 2.08. The fourth-order valence-corrected chi connectivity index (χ4v) is 1.96. The summed E-state index contributed by atoms with van der Waals surface area (Å²) in [6.07, 6.45) is 3.25. The molecule has 0 spiro atoms. The summed E-state index contributed by atoms with van der Waals surface area (Å²) in [5, 5.41) is 8.55. The molecule has 1 rings (SSSR count). The number of rotatable bonds is 8. The maximum absolute atomic E-state index is 12.2. The van der Waals surface area contributed by atoms with Gasteiger partial charge in [-0.15, -0.1) is 0 Å². The molecule has 0 fully saturated rings. The fourth-order valence-electron chi connectivity index (χ4n) is 1.96. The minimum absolute atomic E-state index is 0.0452. The third-order valence-electron chi connectivity index (χ3n) is 3.05. The molecule has 0 N–H and O–H groups in total. The standard InChI is InChI=1S/C18H22N2O3/c1-5-20(13-14(2)3)18(21)9-7-15-6-8-16(23-11-10-19)17(12-15)22-4/h6-9,12H,2,5,11,13H2,1,3-4H3/b9-7+. The Balaban J connectivity index is 2.85. The number of carbonyl (C=O) groups excluding carboxylic acids is 1. The lowest BCUT2D eigenvalue weighted by Gasteiger charge is -2.18.